The maximum absolute atomic E-state index is 12.7. The first-order chi connectivity index (χ1) is 8.94. The van der Waals surface area contributed by atoms with Crippen LogP contribution in [0.25, 0.3) is 0 Å². The molecule has 0 spiro atoms. The summed E-state index contributed by atoms with van der Waals surface area (Å²) >= 11 is 0. The minimum Gasteiger partial charge on any atom is -0.409 e. The Kier molecular flexibility index (Phi) is 5.20. The van der Waals surface area contributed by atoms with Crippen LogP contribution >= 0.6 is 0 Å². The van der Waals surface area contributed by atoms with Crippen molar-refractivity contribution < 1.29 is 10.0 Å². The Morgan fingerprint density at radius 1 is 1.32 bits per heavy atom. The van der Waals surface area contributed by atoms with Crippen molar-refractivity contribution in [2.24, 2.45) is 16.3 Å². The van der Waals surface area contributed by atoms with E-state index in [-0.39, 0.29) is 17.3 Å². The third-order valence-corrected chi connectivity index (χ3v) is 4.72. The molecule has 0 unspecified atom stereocenters. The van der Waals surface area contributed by atoms with E-state index in [1.165, 1.54) is 0 Å². The van der Waals surface area contributed by atoms with Crippen LogP contribution in [0.15, 0.2) is 5.16 Å². The summed E-state index contributed by atoms with van der Waals surface area (Å²) in [5, 5.41) is 15.2. The molecule has 4 N–H and O–H groups in total. The molecule has 0 saturated heterocycles. The van der Waals surface area contributed by atoms with E-state index in [2.05, 4.69) is 24.3 Å². The van der Waals surface area contributed by atoms with E-state index in [0.717, 1.165) is 32.1 Å². The second kappa shape index (κ2) is 6.26. The fourth-order valence-electron chi connectivity index (χ4n) is 2.67. The van der Waals surface area contributed by atoms with Crippen LogP contribution in [0.1, 0.15) is 65.7 Å². The molecule has 1 aliphatic rings. The van der Waals surface area contributed by atoms with Gasteiger partial charge < -0.3 is 16.3 Å². The summed E-state index contributed by atoms with van der Waals surface area (Å²) in [5.74, 6) is -0.0343. The molecule has 1 saturated carbocycles. The minimum absolute atomic E-state index is 0.0549. The lowest BCUT2D eigenvalue weighted by atomic mass is 9.72. The number of nitrogens with two attached hydrogens (primary N) is 1. The number of hydrogen-bond acceptors (Lipinski definition) is 3. The fraction of sp³-hybridized carbons (Fsp3) is 0.857. The molecule has 1 fully saturated rings. The average Bonchev–Trinajstić information content (AvgIpc) is 2.46. The predicted octanol–water partition coefficient (Wildman–Crippen LogP) is 2.38. The van der Waals surface area contributed by atoms with Crippen molar-refractivity contribution in [1.29, 1.82) is 0 Å². The van der Waals surface area contributed by atoms with Crippen LogP contribution < -0.4 is 11.1 Å². The van der Waals surface area contributed by atoms with Crippen LogP contribution in [-0.4, -0.2) is 22.5 Å². The largest absolute Gasteiger partial charge is 0.409 e. The number of carbonyl (C=O) groups is 1. The Bertz CT molecular complexity index is 343. The van der Waals surface area contributed by atoms with Crippen molar-refractivity contribution in [2.75, 3.05) is 0 Å². The molecule has 1 amide bonds. The lowest BCUT2D eigenvalue weighted by Crippen LogP contribution is -2.56. The molecule has 1 rings (SSSR count). The average molecular weight is 269 g/mol. The van der Waals surface area contributed by atoms with Crippen LogP contribution in [0, 0.1) is 5.41 Å². The lowest BCUT2D eigenvalue weighted by molar-refractivity contribution is -0.131. The van der Waals surface area contributed by atoms with E-state index in [4.69, 9.17) is 10.9 Å². The van der Waals surface area contributed by atoms with Crippen molar-refractivity contribution in [3.63, 3.8) is 0 Å². The van der Waals surface area contributed by atoms with Crippen molar-refractivity contribution >= 4 is 11.7 Å². The fourth-order valence-corrected chi connectivity index (χ4v) is 2.67. The lowest BCUT2D eigenvalue weighted by Gasteiger charge is -2.38. The number of amides is 1. The number of amidine groups is 1. The highest BCUT2D eigenvalue weighted by Gasteiger charge is 2.45. The zero-order valence-electron chi connectivity index (χ0n) is 12.3. The quantitative estimate of drug-likeness (QED) is 0.310. The van der Waals surface area contributed by atoms with Gasteiger partial charge in [0, 0.05) is 5.54 Å². The number of nitrogens with zero attached hydrogens (tertiary/aromatic N) is 1. The highest BCUT2D eigenvalue weighted by Crippen LogP contribution is 2.37. The molecule has 0 radical (unpaired) electrons. The number of oxime groups is 1. The Hall–Kier alpha value is -1.26. The zero-order valence-corrected chi connectivity index (χ0v) is 12.3. The first-order valence-corrected chi connectivity index (χ1v) is 7.24. The Morgan fingerprint density at radius 3 is 2.26 bits per heavy atom. The first-order valence-electron chi connectivity index (χ1n) is 7.24. The van der Waals surface area contributed by atoms with Crippen molar-refractivity contribution in [2.45, 2.75) is 71.3 Å². The van der Waals surface area contributed by atoms with Gasteiger partial charge in [-0.15, -0.1) is 0 Å². The van der Waals surface area contributed by atoms with E-state index in [1.807, 2.05) is 6.92 Å². The van der Waals surface area contributed by atoms with E-state index in [9.17, 15) is 4.79 Å². The summed E-state index contributed by atoms with van der Waals surface area (Å²) in [6.07, 6.45) is 6.04. The Labute approximate surface area is 115 Å². The van der Waals surface area contributed by atoms with Gasteiger partial charge in [0.2, 0.25) is 5.91 Å². The van der Waals surface area contributed by atoms with Crippen LogP contribution in [-0.2, 0) is 4.79 Å². The molecule has 0 aromatic heterocycles. The molecule has 110 valence electrons. The van der Waals surface area contributed by atoms with E-state index < -0.39 is 5.41 Å². The van der Waals surface area contributed by atoms with Gasteiger partial charge in [-0.2, -0.15) is 0 Å². The monoisotopic (exact) mass is 269 g/mol. The molecule has 0 heterocycles. The van der Waals surface area contributed by atoms with Gasteiger partial charge >= 0.3 is 0 Å². The molecule has 5 nitrogen and oxygen atoms in total. The molecule has 0 aromatic carbocycles. The first kappa shape index (κ1) is 15.8. The Morgan fingerprint density at radius 2 is 1.84 bits per heavy atom. The van der Waals surface area contributed by atoms with Crippen LogP contribution in [0.5, 0.6) is 0 Å². The highest BCUT2D eigenvalue weighted by atomic mass is 16.4. The second-order valence-corrected chi connectivity index (χ2v) is 5.85. The molecule has 19 heavy (non-hydrogen) atoms. The molecule has 5 heteroatoms. The predicted molar refractivity (Wildman–Crippen MR) is 76.1 cm³/mol. The van der Waals surface area contributed by atoms with E-state index >= 15 is 0 Å². The summed E-state index contributed by atoms with van der Waals surface area (Å²) in [7, 11) is 0. The van der Waals surface area contributed by atoms with Crippen molar-refractivity contribution in [3.8, 4) is 0 Å². The zero-order chi connectivity index (χ0) is 14.5. The SMILES string of the molecule is CCC(C)(CC)NC(=O)C1(C(N)=NO)CCCCC1. The second-order valence-electron chi connectivity index (χ2n) is 5.85. The molecule has 0 atom stereocenters. The minimum atomic E-state index is -0.821. The maximum Gasteiger partial charge on any atom is 0.234 e. The van der Waals surface area contributed by atoms with Crippen LogP contribution in [0.3, 0.4) is 0 Å². The summed E-state index contributed by atoms with van der Waals surface area (Å²) in [6, 6.07) is 0. The molecule has 0 aliphatic heterocycles. The molecule has 0 aromatic rings. The van der Waals surface area contributed by atoms with Gasteiger partial charge in [-0.05, 0) is 32.6 Å². The third kappa shape index (κ3) is 3.19. The molecular formula is C14H27N3O2. The highest BCUT2D eigenvalue weighted by molar-refractivity contribution is 6.07. The standard InChI is InChI=1S/C14H27N3O2/c1-4-13(3,5-2)16-12(18)14(11(15)17-19)9-7-6-8-10-14/h19H,4-10H2,1-3H3,(H2,15,17)(H,16,18). The van der Waals surface area contributed by atoms with Gasteiger partial charge in [0.25, 0.3) is 0 Å². The number of rotatable bonds is 5. The number of nitrogens with one attached hydrogen (secondary N) is 1. The van der Waals surface area contributed by atoms with Crippen molar-refractivity contribution in [3.05, 3.63) is 0 Å². The van der Waals surface area contributed by atoms with Crippen molar-refractivity contribution in [1.82, 2.24) is 5.32 Å². The smallest absolute Gasteiger partial charge is 0.234 e. The van der Waals surface area contributed by atoms with Gasteiger partial charge in [0.15, 0.2) is 5.84 Å². The van der Waals surface area contributed by atoms with E-state index in [1.54, 1.807) is 0 Å². The summed E-state index contributed by atoms with van der Waals surface area (Å²) < 4.78 is 0. The van der Waals surface area contributed by atoms with Gasteiger partial charge in [-0.1, -0.05) is 38.3 Å². The summed E-state index contributed by atoms with van der Waals surface area (Å²) in [5.41, 5.74) is 4.78. The molecular weight excluding hydrogens is 242 g/mol. The number of hydrogen-bond donors (Lipinski definition) is 3. The van der Waals surface area contributed by atoms with Gasteiger partial charge in [0.1, 0.15) is 5.41 Å². The van der Waals surface area contributed by atoms with Crippen LogP contribution in [0.4, 0.5) is 0 Å². The molecule has 1 aliphatic carbocycles. The van der Waals surface area contributed by atoms with Gasteiger partial charge in [-0.25, -0.2) is 0 Å². The normalized spacial score (nSPS) is 20.1. The topological polar surface area (TPSA) is 87.7 Å². The maximum atomic E-state index is 12.7. The summed E-state index contributed by atoms with van der Waals surface area (Å²) in [6.45, 7) is 6.15. The molecule has 0 bridgehead atoms. The number of carbonyl (C=O) groups excluding carboxylic acids is 1. The van der Waals surface area contributed by atoms with Gasteiger partial charge in [0.05, 0.1) is 0 Å². The third-order valence-electron chi connectivity index (χ3n) is 4.72. The van der Waals surface area contributed by atoms with Crippen LogP contribution in [0.2, 0.25) is 0 Å². The van der Waals surface area contributed by atoms with E-state index in [0.29, 0.717) is 12.8 Å². The van der Waals surface area contributed by atoms with Gasteiger partial charge in [-0.3, -0.25) is 4.79 Å². The Balaban J connectivity index is 2.96. The summed E-state index contributed by atoms with van der Waals surface area (Å²) in [4.78, 5) is 12.7.